The van der Waals surface area contributed by atoms with Crippen molar-refractivity contribution in [3.63, 3.8) is 0 Å². The number of hydrogen-bond donors (Lipinski definition) is 1. The summed E-state index contributed by atoms with van der Waals surface area (Å²) in [5.41, 5.74) is 8.50. The predicted octanol–water partition coefficient (Wildman–Crippen LogP) is 8.77. The lowest BCUT2D eigenvalue weighted by Crippen LogP contribution is -2.34. The molecule has 0 spiro atoms. The maximum Gasteiger partial charge on any atom is 0.144 e. The molecule has 1 N–H and O–H groups in total. The Kier molecular flexibility index (Phi) is 8.47. The highest BCUT2D eigenvalue weighted by molar-refractivity contribution is 7.13. The number of aromatic amines is 1. The van der Waals surface area contributed by atoms with Crippen molar-refractivity contribution in [2.45, 2.75) is 65.7 Å². The SMILES string of the molecule is C=C(C(=C)N1CCC(C(C#N)c2ccccc2)CC1)c1c[nH]c2c(-c3nc(CC)cs3)ncc(CC(C)(C)CC)c12. The van der Waals surface area contributed by atoms with Crippen molar-refractivity contribution < 1.29 is 0 Å². The Balaban J connectivity index is 1.42. The van der Waals surface area contributed by atoms with Crippen LogP contribution in [0.15, 0.2) is 67.0 Å². The number of allylic oxidation sites excluding steroid dienone is 1. The number of H-pyrrole nitrogens is 1. The van der Waals surface area contributed by atoms with Crippen LogP contribution in [-0.2, 0) is 12.8 Å². The van der Waals surface area contributed by atoms with Crippen LogP contribution in [0.25, 0.3) is 27.2 Å². The molecule has 212 valence electrons. The van der Waals surface area contributed by atoms with Crippen LogP contribution in [0.5, 0.6) is 0 Å². The minimum Gasteiger partial charge on any atom is -0.372 e. The van der Waals surface area contributed by atoms with E-state index in [9.17, 15) is 5.26 Å². The second-order valence-electron chi connectivity index (χ2n) is 12.0. The molecule has 0 saturated carbocycles. The second-order valence-corrected chi connectivity index (χ2v) is 12.9. The third kappa shape index (κ3) is 5.87. The highest BCUT2D eigenvalue weighted by Gasteiger charge is 2.30. The van der Waals surface area contributed by atoms with Crippen LogP contribution in [0.1, 0.15) is 75.3 Å². The summed E-state index contributed by atoms with van der Waals surface area (Å²) in [5, 5.41) is 14.2. The zero-order valence-electron chi connectivity index (χ0n) is 24.8. The van der Waals surface area contributed by atoms with Gasteiger partial charge in [-0.3, -0.25) is 4.98 Å². The molecule has 3 aromatic heterocycles. The number of aromatic nitrogens is 3. The summed E-state index contributed by atoms with van der Waals surface area (Å²) < 4.78 is 0. The Morgan fingerprint density at radius 2 is 1.93 bits per heavy atom. The maximum atomic E-state index is 9.96. The lowest BCUT2D eigenvalue weighted by Gasteiger charge is -2.37. The Hall–Kier alpha value is -3.69. The number of pyridine rings is 1. The van der Waals surface area contributed by atoms with Crippen molar-refractivity contribution >= 4 is 27.8 Å². The minimum atomic E-state index is -0.0714. The Bertz CT molecular complexity index is 1580. The van der Waals surface area contributed by atoms with Crippen LogP contribution in [0.3, 0.4) is 0 Å². The molecule has 1 unspecified atom stereocenters. The van der Waals surface area contributed by atoms with Gasteiger partial charge >= 0.3 is 0 Å². The molecule has 5 rings (SSSR count). The molecule has 1 fully saturated rings. The van der Waals surface area contributed by atoms with Gasteiger partial charge in [-0.25, -0.2) is 4.98 Å². The van der Waals surface area contributed by atoms with Crippen LogP contribution in [0, 0.1) is 22.7 Å². The molecule has 0 bridgehead atoms. The van der Waals surface area contributed by atoms with Gasteiger partial charge in [-0.15, -0.1) is 11.3 Å². The second kappa shape index (κ2) is 12.0. The highest BCUT2D eigenvalue weighted by Crippen LogP contribution is 2.40. The van der Waals surface area contributed by atoms with Gasteiger partial charge in [0.25, 0.3) is 0 Å². The van der Waals surface area contributed by atoms with Crippen LogP contribution in [0.2, 0.25) is 0 Å². The number of thiazole rings is 1. The summed E-state index contributed by atoms with van der Waals surface area (Å²) in [6.45, 7) is 19.8. The predicted molar refractivity (Wildman–Crippen MR) is 172 cm³/mol. The van der Waals surface area contributed by atoms with Gasteiger partial charge < -0.3 is 9.88 Å². The summed E-state index contributed by atoms with van der Waals surface area (Å²) in [7, 11) is 0. The molecule has 41 heavy (non-hydrogen) atoms. The van der Waals surface area contributed by atoms with E-state index < -0.39 is 0 Å². The zero-order chi connectivity index (χ0) is 29.1. The monoisotopic (exact) mass is 563 g/mol. The van der Waals surface area contributed by atoms with E-state index in [4.69, 9.17) is 9.97 Å². The topological polar surface area (TPSA) is 68.6 Å². The molecule has 0 aliphatic carbocycles. The molecule has 1 aromatic carbocycles. The number of hydrogen-bond acceptors (Lipinski definition) is 5. The van der Waals surface area contributed by atoms with Gasteiger partial charge in [-0.1, -0.05) is 77.6 Å². The van der Waals surface area contributed by atoms with E-state index in [-0.39, 0.29) is 11.3 Å². The minimum absolute atomic E-state index is 0.0714. The van der Waals surface area contributed by atoms with E-state index in [2.05, 4.69) is 80.5 Å². The van der Waals surface area contributed by atoms with Gasteiger partial charge in [0, 0.05) is 47.5 Å². The number of piperidine rings is 1. The van der Waals surface area contributed by atoms with E-state index in [0.717, 1.165) is 89.5 Å². The van der Waals surface area contributed by atoms with Crippen LogP contribution in [0.4, 0.5) is 0 Å². The molecule has 5 nitrogen and oxygen atoms in total. The Labute approximate surface area is 248 Å². The first-order valence-electron chi connectivity index (χ1n) is 14.8. The van der Waals surface area contributed by atoms with E-state index in [1.165, 1.54) is 10.9 Å². The fourth-order valence-corrected chi connectivity index (χ4v) is 6.83. The average molecular weight is 564 g/mol. The van der Waals surface area contributed by atoms with Gasteiger partial charge in [-0.2, -0.15) is 5.26 Å². The number of nitriles is 1. The standard InChI is InChI=1S/C35H41N5S/c1-7-28-22-41-34(39-28)33-32-31(27(20-37-33)18-35(5,6)8-2)30(21-38-32)23(3)24(4)40-16-14-26(15-17-40)29(19-36)25-12-10-9-11-13-25/h9-13,20-22,26,29,38H,3-4,7-8,14-18H2,1-2,5-6H3. The molecular formula is C35H41N5S. The van der Waals surface area contributed by atoms with Crippen molar-refractivity contribution in [1.29, 1.82) is 5.26 Å². The molecule has 1 saturated heterocycles. The summed E-state index contributed by atoms with van der Waals surface area (Å²) >= 11 is 1.65. The van der Waals surface area contributed by atoms with Crippen molar-refractivity contribution in [3.05, 3.63) is 89.3 Å². The summed E-state index contributed by atoms with van der Waals surface area (Å²) in [4.78, 5) is 15.7. The van der Waals surface area contributed by atoms with Gasteiger partial charge in [0.1, 0.15) is 10.7 Å². The van der Waals surface area contributed by atoms with E-state index >= 15 is 0 Å². The number of likely N-dealkylation sites (tertiary alicyclic amines) is 1. The van der Waals surface area contributed by atoms with Gasteiger partial charge in [0.2, 0.25) is 0 Å². The first-order valence-corrected chi connectivity index (χ1v) is 15.7. The van der Waals surface area contributed by atoms with Crippen molar-refractivity contribution in [1.82, 2.24) is 19.9 Å². The van der Waals surface area contributed by atoms with Gasteiger partial charge in [0.05, 0.1) is 23.2 Å². The van der Waals surface area contributed by atoms with Gasteiger partial charge in [-0.05, 0) is 53.7 Å². The van der Waals surface area contributed by atoms with Crippen LogP contribution < -0.4 is 0 Å². The molecule has 0 amide bonds. The lowest BCUT2D eigenvalue weighted by molar-refractivity contribution is 0.224. The number of nitrogens with zero attached hydrogens (tertiary/aromatic N) is 4. The van der Waals surface area contributed by atoms with Crippen LogP contribution >= 0.6 is 11.3 Å². The number of fused-ring (bicyclic) bond motifs is 1. The summed E-state index contributed by atoms with van der Waals surface area (Å²) in [6.07, 6.45) is 8.96. The van der Waals surface area contributed by atoms with E-state index in [1.54, 1.807) is 11.3 Å². The summed E-state index contributed by atoms with van der Waals surface area (Å²) in [5.74, 6) is 0.272. The molecule has 1 aliphatic rings. The highest BCUT2D eigenvalue weighted by atomic mass is 32.1. The van der Waals surface area contributed by atoms with Crippen molar-refractivity contribution in [3.8, 4) is 16.8 Å². The fourth-order valence-electron chi connectivity index (χ4n) is 5.93. The van der Waals surface area contributed by atoms with E-state index in [0.29, 0.717) is 5.92 Å². The molecule has 4 heterocycles. The average Bonchev–Trinajstić information content (AvgIpc) is 3.66. The number of nitrogens with one attached hydrogen (secondary N) is 1. The normalized spacial score (nSPS) is 15.1. The van der Waals surface area contributed by atoms with Crippen molar-refractivity contribution in [2.24, 2.45) is 11.3 Å². The lowest BCUT2D eigenvalue weighted by atomic mass is 9.80. The Morgan fingerprint density at radius 3 is 2.56 bits per heavy atom. The Morgan fingerprint density at radius 1 is 1.20 bits per heavy atom. The molecule has 6 heteroatoms. The maximum absolute atomic E-state index is 9.96. The fraction of sp³-hybridized carbons (Fsp3) is 0.400. The quantitative estimate of drug-likeness (QED) is 0.196. The largest absolute Gasteiger partial charge is 0.372 e. The van der Waals surface area contributed by atoms with Crippen molar-refractivity contribution in [2.75, 3.05) is 13.1 Å². The molecule has 1 aliphatic heterocycles. The molecule has 0 radical (unpaired) electrons. The third-order valence-electron chi connectivity index (χ3n) is 8.89. The third-order valence-corrected chi connectivity index (χ3v) is 9.79. The molecular weight excluding hydrogens is 522 g/mol. The number of rotatable bonds is 10. The van der Waals surface area contributed by atoms with Crippen LogP contribution in [-0.4, -0.2) is 32.9 Å². The first kappa shape index (κ1) is 28.8. The number of benzene rings is 1. The molecule has 4 aromatic rings. The zero-order valence-corrected chi connectivity index (χ0v) is 25.7. The first-order chi connectivity index (χ1) is 19.8. The smallest absolute Gasteiger partial charge is 0.144 e. The number of aryl methyl sites for hydroxylation is 1. The van der Waals surface area contributed by atoms with E-state index in [1.807, 2.05) is 24.4 Å². The molecule has 1 atom stereocenters. The van der Waals surface area contributed by atoms with Gasteiger partial charge in [0.15, 0.2) is 0 Å². The summed E-state index contributed by atoms with van der Waals surface area (Å²) in [6, 6.07) is 12.8.